The van der Waals surface area contributed by atoms with Gasteiger partial charge in [0.15, 0.2) is 0 Å². The summed E-state index contributed by atoms with van der Waals surface area (Å²) < 4.78 is 2.20. The molecule has 3 rings (SSSR count). The standard InChI is InChI=1S/C18H19N3O/c1-13-15(16-5-3-4-6-17(16)21(13)2)9-12-20-18(22)14-7-10-19-11-8-14/h3-8,10-11H,9,12H2,1-2H3,(H,20,22). The number of amides is 1. The van der Waals surface area contributed by atoms with Crippen LogP contribution in [-0.4, -0.2) is 22.0 Å². The third-order valence-corrected chi connectivity index (χ3v) is 4.13. The lowest BCUT2D eigenvalue weighted by Gasteiger charge is -2.06. The van der Waals surface area contributed by atoms with Crippen molar-refractivity contribution in [3.05, 3.63) is 65.6 Å². The van der Waals surface area contributed by atoms with Gasteiger partial charge < -0.3 is 9.88 Å². The normalized spacial score (nSPS) is 10.8. The summed E-state index contributed by atoms with van der Waals surface area (Å²) in [6, 6.07) is 11.8. The summed E-state index contributed by atoms with van der Waals surface area (Å²) in [6.07, 6.45) is 4.08. The van der Waals surface area contributed by atoms with Crippen molar-refractivity contribution in [2.75, 3.05) is 6.54 Å². The number of nitrogens with zero attached hydrogens (tertiary/aromatic N) is 2. The summed E-state index contributed by atoms with van der Waals surface area (Å²) in [6.45, 7) is 2.75. The van der Waals surface area contributed by atoms with Gasteiger partial charge in [0.1, 0.15) is 0 Å². The first-order valence-corrected chi connectivity index (χ1v) is 7.39. The van der Waals surface area contributed by atoms with Crippen LogP contribution >= 0.6 is 0 Å². The van der Waals surface area contributed by atoms with E-state index in [9.17, 15) is 4.79 Å². The highest BCUT2D eigenvalue weighted by atomic mass is 16.1. The number of fused-ring (bicyclic) bond motifs is 1. The van der Waals surface area contributed by atoms with Gasteiger partial charge in [-0.1, -0.05) is 18.2 Å². The summed E-state index contributed by atoms with van der Waals surface area (Å²) in [5.41, 5.74) is 4.42. The zero-order chi connectivity index (χ0) is 15.5. The van der Waals surface area contributed by atoms with Gasteiger partial charge in [0, 0.05) is 48.1 Å². The number of carbonyl (C=O) groups excluding carboxylic acids is 1. The molecule has 1 N–H and O–H groups in total. The van der Waals surface area contributed by atoms with E-state index in [1.807, 2.05) is 0 Å². The Morgan fingerprint density at radius 2 is 1.91 bits per heavy atom. The Bertz CT molecular complexity index is 806. The lowest BCUT2D eigenvalue weighted by atomic mass is 10.1. The van der Waals surface area contributed by atoms with Crippen molar-refractivity contribution in [3.8, 4) is 0 Å². The number of nitrogens with one attached hydrogen (secondary N) is 1. The molecule has 0 fully saturated rings. The molecule has 4 nitrogen and oxygen atoms in total. The predicted molar refractivity (Wildman–Crippen MR) is 87.9 cm³/mol. The third kappa shape index (κ3) is 2.60. The predicted octanol–water partition coefficient (Wildman–Crippen LogP) is 2.85. The van der Waals surface area contributed by atoms with E-state index in [4.69, 9.17) is 0 Å². The van der Waals surface area contributed by atoms with Crippen LogP contribution in [0, 0.1) is 6.92 Å². The van der Waals surface area contributed by atoms with Crippen molar-refractivity contribution in [2.24, 2.45) is 7.05 Å². The van der Waals surface area contributed by atoms with Crippen LogP contribution in [0.25, 0.3) is 10.9 Å². The molecule has 0 bridgehead atoms. The number of aromatic nitrogens is 2. The van der Waals surface area contributed by atoms with E-state index < -0.39 is 0 Å². The lowest BCUT2D eigenvalue weighted by Crippen LogP contribution is -2.25. The van der Waals surface area contributed by atoms with Crippen LogP contribution in [0.2, 0.25) is 0 Å². The molecule has 0 radical (unpaired) electrons. The highest BCUT2D eigenvalue weighted by molar-refractivity contribution is 5.94. The lowest BCUT2D eigenvalue weighted by molar-refractivity contribution is 0.0954. The SMILES string of the molecule is Cc1c(CCNC(=O)c2ccncc2)c2ccccc2n1C. The van der Waals surface area contributed by atoms with Crippen molar-refractivity contribution in [3.63, 3.8) is 0 Å². The molecule has 1 aromatic carbocycles. The fraction of sp³-hybridized carbons (Fsp3) is 0.222. The van der Waals surface area contributed by atoms with E-state index in [2.05, 4.69) is 53.1 Å². The number of carbonyl (C=O) groups is 1. The second-order valence-corrected chi connectivity index (χ2v) is 5.38. The van der Waals surface area contributed by atoms with Gasteiger partial charge in [-0.2, -0.15) is 0 Å². The molecule has 0 aliphatic heterocycles. The van der Waals surface area contributed by atoms with Gasteiger partial charge in [-0.25, -0.2) is 0 Å². The molecule has 3 aromatic rings. The number of rotatable bonds is 4. The van der Waals surface area contributed by atoms with Crippen molar-refractivity contribution in [2.45, 2.75) is 13.3 Å². The second-order valence-electron chi connectivity index (χ2n) is 5.38. The Morgan fingerprint density at radius 3 is 2.68 bits per heavy atom. The molecule has 0 saturated heterocycles. The zero-order valence-corrected chi connectivity index (χ0v) is 12.8. The first-order chi connectivity index (χ1) is 10.7. The highest BCUT2D eigenvalue weighted by Crippen LogP contribution is 2.24. The molecule has 22 heavy (non-hydrogen) atoms. The minimum atomic E-state index is -0.0553. The van der Waals surface area contributed by atoms with E-state index in [1.54, 1.807) is 24.5 Å². The fourth-order valence-corrected chi connectivity index (χ4v) is 2.82. The van der Waals surface area contributed by atoms with Gasteiger partial charge in [0.05, 0.1) is 0 Å². The number of aryl methyl sites for hydroxylation is 1. The largest absolute Gasteiger partial charge is 0.352 e. The summed E-state index contributed by atoms with van der Waals surface area (Å²) in [7, 11) is 2.08. The minimum Gasteiger partial charge on any atom is -0.352 e. The van der Waals surface area contributed by atoms with Crippen molar-refractivity contribution < 1.29 is 4.79 Å². The Morgan fingerprint density at radius 1 is 1.18 bits per heavy atom. The smallest absolute Gasteiger partial charge is 0.251 e. The van der Waals surface area contributed by atoms with Crippen LogP contribution in [0.4, 0.5) is 0 Å². The first kappa shape index (κ1) is 14.3. The Labute approximate surface area is 129 Å². The van der Waals surface area contributed by atoms with E-state index in [-0.39, 0.29) is 5.91 Å². The Balaban J connectivity index is 1.72. The van der Waals surface area contributed by atoms with Crippen LogP contribution in [-0.2, 0) is 13.5 Å². The maximum absolute atomic E-state index is 12.0. The van der Waals surface area contributed by atoms with Crippen LogP contribution in [0.1, 0.15) is 21.6 Å². The monoisotopic (exact) mass is 293 g/mol. The van der Waals surface area contributed by atoms with Gasteiger partial charge in [0.25, 0.3) is 5.91 Å². The molecule has 2 aromatic heterocycles. The average Bonchev–Trinajstić information content (AvgIpc) is 2.81. The van der Waals surface area contributed by atoms with Gasteiger partial charge >= 0.3 is 0 Å². The number of hydrogen-bond donors (Lipinski definition) is 1. The van der Waals surface area contributed by atoms with Gasteiger partial charge in [-0.3, -0.25) is 9.78 Å². The molecule has 0 unspecified atom stereocenters. The van der Waals surface area contributed by atoms with E-state index in [1.165, 1.54) is 22.2 Å². The number of pyridine rings is 1. The molecule has 0 atom stereocenters. The third-order valence-electron chi connectivity index (χ3n) is 4.13. The molecule has 0 spiro atoms. The molecule has 2 heterocycles. The molecule has 4 heteroatoms. The van der Waals surface area contributed by atoms with Crippen LogP contribution in [0.15, 0.2) is 48.8 Å². The fourth-order valence-electron chi connectivity index (χ4n) is 2.82. The molecule has 112 valence electrons. The number of benzene rings is 1. The maximum atomic E-state index is 12.0. The second kappa shape index (κ2) is 6.02. The molecular formula is C18H19N3O. The molecule has 1 amide bonds. The van der Waals surface area contributed by atoms with Gasteiger partial charge in [-0.15, -0.1) is 0 Å². The number of hydrogen-bond acceptors (Lipinski definition) is 2. The first-order valence-electron chi connectivity index (χ1n) is 7.39. The summed E-state index contributed by atoms with van der Waals surface area (Å²) in [4.78, 5) is 16.0. The topological polar surface area (TPSA) is 46.9 Å². The molecular weight excluding hydrogens is 274 g/mol. The molecule has 0 aliphatic rings. The van der Waals surface area contributed by atoms with Crippen LogP contribution < -0.4 is 5.32 Å². The van der Waals surface area contributed by atoms with Crippen molar-refractivity contribution >= 4 is 16.8 Å². The Kier molecular flexibility index (Phi) is 3.92. The maximum Gasteiger partial charge on any atom is 0.251 e. The summed E-state index contributed by atoms with van der Waals surface area (Å²) in [5, 5.41) is 4.24. The van der Waals surface area contributed by atoms with E-state index in [0.717, 1.165) is 6.42 Å². The van der Waals surface area contributed by atoms with E-state index >= 15 is 0 Å². The van der Waals surface area contributed by atoms with Gasteiger partial charge in [-0.05, 0) is 37.1 Å². The van der Waals surface area contributed by atoms with Gasteiger partial charge in [0.2, 0.25) is 0 Å². The summed E-state index contributed by atoms with van der Waals surface area (Å²) in [5.74, 6) is -0.0553. The van der Waals surface area contributed by atoms with Crippen molar-refractivity contribution in [1.82, 2.24) is 14.9 Å². The highest BCUT2D eigenvalue weighted by Gasteiger charge is 2.11. The van der Waals surface area contributed by atoms with Crippen LogP contribution in [0.3, 0.4) is 0 Å². The minimum absolute atomic E-state index is 0.0553. The average molecular weight is 293 g/mol. The molecule has 0 aliphatic carbocycles. The quantitative estimate of drug-likeness (QED) is 0.804. The van der Waals surface area contributed by atoms with Crippen LogP contribution in [0.5, 0.6) is 0 Å². The molecule has 0 saturated carbocycles. The van der Waals surface area contributed by atoms with Crippen molar-refractivity contribution in [1.29, 1.82) is 0 Å². The summed E-state index contributed by atoms with van der Waals surface area (Å²) >= 11 is 0. The number of para-hydroxylation sites is 1. The Hall–Kier alpha value is -2.62. The zero-order valence-electron chi connectivity index (χ0n) is 12.8. The van der Waals surface area contributed by atoms with E-state index in [0.29, 0.717) is 12.1 Å².